The lowest BCUT2D eigenvalue weighted by Crippen LogP contribution is -2.52. The molecule has 0 bridgehead atoms. The Balaban J connectivity index is 2.21. The van der Waals surface area contributed by atoms with Crippen LogP contribution in [0.1, 0.15) is 22.8 Å². The predicted octanol–water partition coefficient (Wildman–Crippen LogP) is 1.19. The van der Waals surface area contributed by atoms with E-state index in [1.54, 1.807) is 13.2 Å². The van der Waals surface area contributed by atoms with Crippen LogP contribution in [0.3, 0.4) is 0 Å². The molecule has 1 heterocycles. The van der Waals surface area contributed by atoms with Crippen LogP contribution in [-0.2, 0) is 4.74 Å². The van der Waals surface area contributed by atoms with Gasteiger partial charge in [0.1, 0.15) is 5.75 Å². The van der Waals surface area contributed by atoms with Crippen molar-refractivity contribution in [1.29, 1.82) is 0 Å². The van der Waals surface area contributed by atoms with Crippen LogP contribution < -0.4 is 10.5 Å². The molecule has 0 spiro atoms. The fraction of sp³-hybridized carbons (Fsp3) is 0.533. The molecule has 1 aromatic rings. The zero-order chi connectivity index (χ0) is 14.7. The summed E-state index contributed by atoms with van der Waals surface area (Å²) in [5.74, 6) is 0.727. The maximum atomic E-state index is 12.6. The van der Waals surface area contributed by atoms with E-state index in [2.05, 4.69) is 0 Å². The molecule has 0 aromatic heterocycles. The Morgan fingerprint density at radius 1 is 1.55 bits per heavy atom. The lowest BCUT2D eigenvalue weighted by atomic mass is 10.1. The van der Waals surface area contributed by atoms with Gasteiger partial charge in [0.05, 0.1) is 25.9 Å². The number of carbonyl (C=O) groups excluding carboxylic acids is 1. The number of morpholine rings is 1. The molecule has 1 saturated heterocycles. The van der Waals surface area contributed by atoms with Crippen molar-refractivity contribution in [1.82, 2.24) is 4.90 Å². The Morgan fingerprint density at radius 3 is 2.95 bits per heavy atom. The van der Waals surface area contributed by atoms with Crippen LogP contribution in [0.2, 0.25) is 0 Å². The number of hydrogen-bond donors (Lipinski definition) is 1. The highest BCUT2D eigenvalue weighted by atomic mass is 16.5. The number of nitrogens with zero attached hydrogens (tertiary/aromatic N) is 1. The zero-order valence-electron chi connectivity index (χ0n) is 12.3. The number of aryl methyl sites for hydroxylation is 1. The van der Waals surface area contributed by atoms with Crippen molar-refractivity contribution in [3.8, 4) is 5.75 Å². The maximum absolute atomic E-state index is 12.6. The molecule has 1 amide bonds. The van der Waals surface area contributed by atoms with Gasteiger partial charge in [-0.15, -0.1) is 0 Å². The van der Waals surface area contributed by atoms with E-state index < -0.39 is 0 Å². The van der Waals surface area contributed by atoms with Gasteiger partial charge in [-0.1, -0.05) is 6.07 Å². The van der Waals surface area contributed by atoms with Crippen molar-refractivity contribution in [3.63, 3.8) is 0 Å². The van der Waals surface area contributed by atoms with Gasteiger partial charge in [0, 0.05) is 18.7 Å². The highest BCUT2D eigenvalue weighted by molar-refractivity contribution is 5.95. The predicted molar refractivity (Wildman–Crippen MR) is 77.0 cm³/mol. The number of carbonyl (C=O) groups is 1. The first-order chi connectivity index (χ1) is 9.56. The fourth-order valence-corrected chi connectivity index (χ4v) is 2.36. The summed E-state index contributed by atoms with van der Waals surface area (Å²) in [6.45, 7) is 5.42. The molecular formula is C15H22N2O3. The summed E-state index contributed by atoms with van der Waals surface area (Å²) in [4.78, 5) is 14.4. The van der Waals surface area contributed by atoms with E-state index in [1.165, 1.54) is 0 Å². The first-order valence-electron chi connectivity index (χ1n) is 6.84. The lowest BCUT2D eigenvalue weighted by molar-refractivity contribution is -0.0426. The Bertz CT molecular complexity index is 490. The summed E-state index contributed by atoms with van der Waals surface area (Å²) >= 11 is 0. The van der Waals surface area contributed by atoms with E-state index in [-0.39, 0.29) is 18.1 Å². The summed E-state index contributed by atoms with van der Waals surface area (Å²) in [7, 11) is 1.61. The molecule has 1 aromatic carbocycles. The average molecular weight is 278 g/mol. The van der Waals surface area contributed by atoms with Crippen molar-refractivity contribution < 1.29 is 14.3 Å². The van der Waals surface area contributed by atoms with Crippen LogP contribution >= 0.6 is 0 Å². The van der Waals surface area contributed by atoms with Crippen LogP contribution in [0.15, 0.2) is 18.2 Å². The Kier molecular flexibility index (Phi) is 4.62. The van der Waals surface area contributed by atoms with E-state index in [0.29, 0.717) is 25.3 Å². The normalized spacial score (nSPS) is 22.7. The molecule has 5 nitrogen and oxygen atoms in total. The van der Waals surface area contributed by atoms with Crippen molar-refractivity contribution in [2.45, 2.75) is 26.0 Å². The number of benzene rings is 1. The molecular weight excluding hydrogens is 256 g/mol. The van der Waals surface area contributed by atoms with Gasteiger partial charge in [-0.25, -0.2) is 0 Å². The second-order valence-corrected chi connectivity index (χ2v) is 5.18. The molecule has 0 saturated carbocycles. The summed E-state index contributed by atoms with van der Waals surface area (Å²) in [6, 6.07) is 5.58. The average Bonchev–Trinajstić information content (AvgIpc) is 2.47. The highest BCUT2D eigenvalue weighted by Crippen LogP contribution is 2.22. The van der Waals surface area contributed by atoms with Crippen LogP contribution in [0.5, 0.6) is 5.75 Å². The topological polar surface area (TPSA) is 64.8 Å². The van der Waals surface area contributed by atoms with Gasteiger partial charge in [-0.2, -0.15) is 0 Å². The van der Waals surface area contributed by atoms with Gasteiger partial charge in [-0.3, -0.25) is 4.79 Å². The second kappa shape index (κ2) is 6.24. The summed E-state index contributed by atoms with van der Waals surface area (Å²) in [6.07, 6.45) is -0.0810. The van der Waals surface area contributed by atoms with E-state index in [4.69, 9.17) is 15.2 Å². The van der Waals surface area contributed by atoms with Gasteiger partial charge in [-0.05, 0) is 31.5 Å². The smallest absolute Gasteiger partial charge is 0.254 e. The largest absolute Gasteiger partial charge is 0.496 e. The molecule has 5 heteroatoms. The third kappa shape index (κ3) is 2.94. The first kappa shape index (κ1) is 14.8. The summed E-state index contributed by atoms with van der Waals surface area (Å²) in [5, 5.41) is 0. The van der Waals surface area contributed by atoms with E-state index in [0.717, 1.165) is 11.3 Å². The molecule has 110 valence electrons. The number of ether oxygens (including phenoxy) is 2. The van der Waals surface area contributed by atoms with Crippen molar-refractivity contribution in [3.05, 3.63) is 29.3 Å². The minimum atomic E-state index is -0.0810. The third-order valence-corrected chi connectivity index (χ3v) is 3.68. The minimum absolute atomic E-state index is 0.00227. The van der Waals surface area contributed by atoms with Gasteiger partial charge < -0.3 is 20.1 Å². The molecule has 0 radical (unpaired) electrons. The first-order valence-corrected chi connectivity index (χ1v) is 6.84. The van der Waals surface area contributed by atoms with Crippen molar-refractivity contribution in [2.24, 2.45) is 5.73 Å². The number of nitrogens with two attached hydrogens (primary N) is 1. The number of methoxy groups -OCH3 is 1. The quantitative estimate of drug-likeness (QED) is 0.902. The Hall–Kier alpha value is -1.59. The molecule has 2 rings (SSSR count). The second-order valence-electron chi connectivity index (χ2n) is 5.18. The van der Waals surface area contributed by atoms with Crippen LogP contribution in [0.4, 0.5) is 0 Å². The Morgan fingerprint density at radius 2 is 2.30 bits per heavy atom. The Labute approximate surface area is 119 Å². The highest BCUT2D eigenvalue weighted by Gasteiger charge is 2.29. The summed E-state index contributed by atoms with van der Waals surface area (Å²) < 4.78 is 10.9. The van der Waals surface area contributed by atoms with Crippen LogP contribution in [0.25, 0.3) is 0 Å². The number of hydrogen-bond acceptors (Lipinski definition) is 4. The van der Waals surface area contributed by atoms with Gasteiger partial charge in [0.25, 0.3) is 5.91 Å². The minimum Gasteiger partial charge on any atom is -0.496 e. The number of rotatable bonds is 3. The van der Waals surface area contributed by atoms with Crippen LogP contribution in [0, 0.1) is 6.92 Å². The molecule has 2 unspecified atom stereocenters. The van der Waals surface area contributed by atoms with E-state index >= 15 is 0 Å². The van der Waals surface area contributed by atoms with E-state index in [1.807, 2.05) is 30.9 Å². The van der Waals surface area contributed by atoms with Crippen molar-refractivity contribution >= 4 is 5.91 Å². The molecule has 2 atom stereocenters. The molecule has 0 aliphatic carbocycles. The zero-order valence-corrected chi connectivity index (χ0v) is 12.3. The molecule has 2 N–H and O–H groups in total. The molecule has 20 heavy (non-hydrogen) atoms. The molecule has 1 aliphatic heterocycles. The number of amides is 1. The van der Waals surface area contributed by atoms with Gasteiger partial charge in [0.2, 0.25) is 0 Å². The lowest BCUT2D eigenvalue weighted by Gasteiger charge is -2.37. The maximum Gasteiger partial charge on any atom is 0.254 e. The SMILES string of the molecule is COc1cc(C(=O)N2CC(CN)OCC2C)ccc1C. The van der Waals surface area contributed by atoms with Crippen LogP contribution in [-0.4, -0.2) is 49.8 Å². The van der Waals surface area contributed by atoms with E-state index in [9.17, 15) is 4.79 Å². The van der Waals surface area contributed by atoms with Crippen molar-refractivity contribution in [2.75, 3.05) is 26.8 Å². The molecule has 1 aliphatic rings. The summed E-state index contributed by atoms with van der Waals surface area (Å²) in [5.41, 5.74) is 7.28. The third-order valence-electron chi connectivity index (χ3n) is 3.68. The van der Waals surface area contributed by atoms with Gasteiger partial charge in [0.15, 0.2) is 0 Å². The fourth-order valence-electron chi connectivity index (χ4n) is 2.36. The van der Waals surface area contributed by atoms with Gasteiger partial charge >= 0.3 is 0 Å². The monoisotopic (exact) mass is 278 g/mol. The standard InChI is InChI=1S/C15H22N2O3/c1-10-4-5-12(6-14(10)19-3)15(18)17-8-13(7-16)20-9-11(17)2/h4-6,11,13H,7-9,16H2,1-3H3. The molecule has 1 fully saturated rings.